The van der Waals surface area contributed by atoms with Crippen molar-refractivity contribution in [3.05, 3.63) is 23.7 Å². The molecule has 0 aromatic carbocycles. The van der Waals surface area contributed by atoms with Crippen molar-refractivity contribution in [1.82, 2.24) is 4.98 Å². The van der Waals surface area contributed by atoms with Gasteiger partial charge in [0.15, 0.2) is 5.78 Å². The Bertz CT molecular complexity index is 280. The Morgan fingerprint density at radius 3 is 3.09 bits per heavy atom. The molecule has 1 aromatic heterocycles. The van der Waals surface area contributed by atoms with E-state index in [-0.39, 0.29) is 5.78 Å². The van der Waals surface area contributed by atoms with Crippen molar-refractivity contribution in [1.29, 1.82) is 0 Å². The first-order valence-electron chi connectivity index (χ1n) is 2.94. The lowest BCUT2D eigenvalue weighted by Crippen LogP contribution is -1.86. The molecule has 0 aliphatic heterocycles. The molecule has 0 aliphatic carbocycles. The average molecular weight is 169 g/mol. The van der Waals surface area contributed by atoms with Gasteiger partial charge < -0.3 is 4.74 Å². The average Bonchev–Trinajstić information content (AvgIpc) is 2.50. The summed E-state index contributed by atoms with van der Waals surface area (Å²) in [6.07, 6.45) is 2.74. The fraction of sp³-hybridized carbons (Fsp3) is 0.143. The molecule has 11 heavy (non-hydrogen) atoms. The van der Waals surface area contributed by atoms with E-state index in [0.717, 1.165) is 0 Å². The summed E-state index contributed by atoms with van der Waals surface area (Å²) < 4.78 is 4.81. The molecule has 0 spiro atoms. The van der Waals surface area contributed by atoms with Crippen LogP contribution in [0.5, 0.6) is 5.19 Å². The van der Waals surface area contributed by atoms with Crippen LogP contribution in [0.25, 0.3) is 0 Å². The third-order valence-corrected chi connectivity index (χ3v) is 2.06. The van der Waals surface area contributed by atoms with Gasteiger partial charge in [-0.05, 0) is 6.08 Å². The summed E-state index contributed by atoms with van der Waals surface area (Å²) in [4.78, 5) is 15.3. The lowest BCUT2D eigenvalue weighted by atomic mass is 10.3. The van der Waals surface area contributed by atoms with Gasteiger partial charge in [0.05, 0.1) is 18.2 Å². The number of carbonyl (C=O) groups excluding carboxylic acids is 1. The molecule has 1 aromatic rings. The Morgan fingerprint density at radius 1 is 1.91 bits per heavy atom. The first-order valence-corrected chi connectivity index (χ1v) is 3.76. The fourth-order valence-corrected chi connectivity index (χ4v) is 1.23. The minimum absolute atomic E-state index is 0.120. The largest absolute Gasteiger partial charge is 0.473 e. The number of hydrogen-bond acceptors (Lipinski definition) is 4. The second-order valence-electron chi connectivity index (χ2n) is 1.76. The van der Waals surface area contributed by atoms with E-state index in [1.165, 1.54) is 30.7 Å². The molecule has 0 N–H and O–H groups in total. The molecule has 0 saturated heterocycles. The molecule has 0 amide bonds. The van der Waals surface area contributed by atoms with Crippen molar-refractivity contribution < 1.29 is 9.53 Å². The quantitative estimate of drug-likeness (QED) is 0.508. The highest BCUT2D eigenvalue weighted by Crippen LogP contribution is 2.20. The molecular weight excluding hydrogens is 162 g/mol. The van der Waals surface area contributed by atoms with Crippen LogP contribution in [-0.4, -0.2) is 17.9 Å². The molecule has 0 aliphatic rings. The molecular formula is C7H7NO2S. The van der Waals surface area contributed by atoms with Gasteiger partial charge in [-0.1, -0.05) is 17.9 Å². The standard InChI is InChI=1S/C7H7NO2S/c1-3-5(9)6-4-8-7(10-2)11-6/h3-4H,1H2,2H3. The number of nitrogens with zero attached hydrogens (tertiary/aromatic N) is 1. The molecule has 0 bridgehead atoms. The van der Waals surface area contributed by atoms with E-state index < -0.39 is 0 Å². The number of hydrogen-bond donors (Lipinski definition) is 0. The summed E-state index contributed by atoms with van der Waals surface area (Å²) in [5.74, 6) is -0.120. The van der Waals surface area contributed by atoms with Crippen molar-refractivity contribution in [2.45, 2.75) is 0 Å². The third kappa shape index (κ3) is 1.65. The number of aromatic nitrogens is 1. The topological polar surface area (TPSA) is 39.2 Å². The number of thiazole rings is 1. The van der Waals surface area contributed by atoms with Gasteiger partial charge in [-0.25, -0.2) is 4.98 Å². The van der Waals surface area contributed by atoms with E-state index in [2.05, 4.69) is 11.6 Å². The second kappa shape index (κ2) is 3.30. The number of allylic oxidation sites excluding steroid dienone is 1. The Hall–Kier alpha value is -1.16. The van der Waals surface area contributed by atoms with Crippen LogP contribution in [0.3, 0.4) is 0 Å². The summed E-state index contributed by atoms with van der Waals surface area (Å²) in [5, 5.41) is 0.496. The molecule has 0 fully saturated rings. The van der Waals surface area contributed by atoms with Gasteiger partial charge in [0.1, 0.15) is 0 Å². The van der Waals surface area contributed by atoms with Crippen LogP contribution in [-0.2, 0) is 0 Å². The predicted molar refractivity (Wildman–Crippen MR) is 43.2 cm³/mol. The lowest BCUT2D eigenvalue weighted by Gasteiger charge is -1.86. The van der Waals surface area contributed by atoms with Gasteiger partial charge in [0, 0.05) is 0 Å². The number of methoxy groups -OCH3 is 1. The van der Waals surface area contributed by atoms with Crippen LogP contribution in [0.2, 0.25) is 0 Å². The second-order valence-corrected chi connectivity index (χ2v) is 2.76. The van der Waals surface area contributed by atoms with Crippen LogP contribution in [0, 0.1) is 0 Å². The highest BCUT2D eigenvalue weighted by Gasteiger charge is 2.06. The predicted octanol–water partition coefficient (Wildman–Crippen LogP) is 1.52. The van der Waals surface area contributed by atoms with Crippen molar-refractivity contribution in [2.24, 2.45) is 0 Å². The van der Waals surface area contributed by atoms with Crippen LogP contribution in [0.15, 0.2) is 18.9 Å². The van der Waals surface area contributed by atoms with Crippen molar-refractivity contribution >= 4 is 17.1 Å². The number of rotatable bonds is 3. The lowest BCUT2D eigenvalue weighted by molar-refractivity contribution is 0.105. The first-order chi connectivity index (χ1) is 5.27. The monoisotopic (exact) mass is 169 g/mol. The molecule has 0 radical (unpaired) electrons. The zero-order chi connectivity index (χ0) is 8.27. The summed E-state index contributed by atoms with van der Waals surface area (Å²) in [5.41, 5.74) is 0. The van der Waals surface area contributed by atoms with Gasteiger partial charge in [0.25, 0.3) is 5.19 Å². The Labute approximate surface area is 68.3 Å². The minimum Gasteiger partial charge on any atom is -0.473 e. The number of carbonyl (C=O) groups is 1. The zero-order valence-electron chi connectivity index (χ0n) is 6.03. The number of ketones is 1. The molecule has 3 nitrogen and oxygen atoms in total. The highest BCUT2D eigenvalue weighted by molar-refractivity contribution is 7.15. The highest BCUT2D eigenvalue weighted by atomic mass is 32.1. The SMILES string of the molecule is C=CC(=O)c1cnc(OC)s1. The molecule has 58 valence electrons. The van der Waals surface area contributed by atoms with Gasteiger partial charge in [0.2, 0.25) is 0 Å². The Kier molecular flexibility index (Phi) is 2.38. The van der Waals surface area contributed by atoms with Gasteiger partial charge >= 0.3 is 0 Å². The van der Waals surface area contributed by atoms with E-state index in [9.17, 15) is 4.79 Å². The normalized spacial score (nSPS) is 9.18. The van der Waals surface area contributed by atoms with E-state index in [1.54, 1.807) is 0 Å². The van der Waals surface area contributed by atoms with Gasteiger partial charge in [-0.15, -0.1) is 0 Å². The maximum Gasteiger partial charge on any atom is 0.273 e. The van der Waals surface area contributed by atoms with Crippen molar-refractivity contribution in [2.75, 3.05) is 7.11 Å². The van der Waals surface area contributed by atoms with Crippen molar-refractivity contribution in [3.63, 3.8) is 0 Å². The molecule has 0 atom stereocenters. The minimum atomic E-state index is -0.120. The summed E-state index contributed by atoms with van der Waals surface area (Å²) >= 11 is 1.21. The van der Waals surface area contributed by atoms with Gasteiger partial charge in [-0.3, -0.25) is 4.79 Å². The smallest absolute Gasteiger partial charge is 0.273 e. The zero-order valence-corrected chi connectivity index (χ0v) is 6.85. The molecule has 0 saturated carbocycles. The molecule has 1 heterocycles. The summed E-state index contributed by atoms with van der Waals surface area (Å²) in [6, 6.07) is 0. The molecule has 4 heteroatoms. The van der Waals surface area contributed by atoms with Crippen molar-refractivity contribution in [3.8, 4) is 5.19 Å². The maximum absolute atomic E-state index is 10.9. The summed E-state index contributed by atoms with van der Waals surface area (Å²) in [7, 11) is 1.51. The van der Waals surface area contributed by atoms with Crippen LogP contribution in [0.4, 0.5) is 0 Å². The Morgan fingerprint density at radius 2 is 2.64 bits per heavy atom. The fourth-order valence-electron chi connectivity index (χ4n) is 0.567. The summed E-state index contributed by atoms with van der Waals surface area (Å²) in [6.45, 7) is 3.36. The maximum atomic E-state index is 10.9. The van der Waals surface area contributed by atoms with Crippen LogP contribution in [0.1, 0.15) is 9.67 Å². The van der Waals surface area contributed by atoms with Crippen LogP contribution >= 0.6 is 11.3 Å². The first kappa shape index (κ1) is 7.94. The Balaban J connectivity index is 2.88. The van der Waals surface area contributed by atoms with Gasteiger partial charge in [-0.2, -0.15) is 0 Å². The third-order valence-electron chi connectivity index (χ3n) is 1.09. The van der Waals surface area contributed by atoms with E-state index in [4.69, 9.17) is 4.74 Å². The van der Waals surface area contributed by atoms with E-state index in [1.807, 2.05) is 0 Å². The molecule has 1 rings (SSSR count). The van der Waals surface area contributed by atoms with E-state index >= 15 is 0 Å². The molecule has 0 unspecified atom stereocenters. The van der Waals surface area contributed by atoms with Crippen LogP contribution < -0.4 is 4.74 Å². The van der Waals surface area contributed by atoms with E-state index in [0.29, 0.717) is 10.1 Å². The number of ether oxygens (including phenoxy) is 1.